The van der Waals surface area contributed by atoms with Crippen molar-refractivity contribution >= 4 is 17.6 Å². The van der Waals surface area contributed by atoms with Gasteiger partial charge >= 0.3 is 5.97 Å². The standard InChI is InChI=1S/C31H51ClO2/c1-7-28(32)29(33)34-23-15-17-30(5)22(19-23)11-12-24-26-14-13-25(21(4)10-8-9-20(2)3)31(26,6)18-16-27(24)30/h11,20-21,23-28H,7-10,12-19H2,1-6H3/t21-,23+,24-,25+,26-,27-,28-,30-,31+/m0/s1. The van der Waals surface area contributed by atoms with Gasteiger partial charge in [-0.1, -0.05) is 72.5 Å². The number of fused-ring (bicyclic) bond motifs is 5. The van der Waals surface area contributed by atoms with Crippen LogP contribution in [-0.2, 0) is 9.53 Å². The maximum absolute atomic E-state index is 12.3. The molecule has 0 aromatic carbocycles. The average Bonchev–Trinajstić information content (AvgIpc) is 3.15. The number of hydrogen-bond acceptors (Lipinski definition) is 2. The molecule has 4 aliphatic rings. The summed E-state index contributed by atoms with van der Waals surface area (Å²) in [7, 11) is 0. The van der Waals surface area contributed by atoms with Crippen LogP contribution in [-0.4, -0.2) is 17.5 Å². The molecule has 4 rings (SSSR count). The largest absolute Gasteiger partial charge is 0.461 e. The van der Waals surface area contributed by atoms with Gasteiger partial charge < -0.3 is 4.74 Å². The third kappa shape index (κ3) is 4.88. The number of carbonyl (C=O) groups excluding carboxylic acids is 1. The Balaban J connectivity index is 1.43. The van der Waals surface area contributed by atoms with Crippen molar-refractivity contribution in [2.45, 2.75) is 130 Å². The summed E-state index contributed by atoms with van der Waals surface area (Å²) < 4.78 is 5.83. The van der Waals surface area contributed by atoms with Crippen LogP contribution in [0.2, 0.25) is 0 Å². The van der Waals surface area contributed by atoms with E-state index in [1.807, 2.05) is 6.92 Å². The molecule has 0 unspecified atom stereocenters. The van der Waals surface area contributed by atoms with Crippen LogP contribution in [0.4, 0.5) is 0 Å². The van der Waals surface area contributed by atoms with Crippen molar-refractivity contribution in [1.29, 1.82) is 0 Å². The molecule has 4 aliphatic carbocycles. The van der Waals surface area contributed by atoms with E-state index in [9.17, 15) is 4.79 Å². The molecule has 9 atom stereocenters. The molecule has 0 aromatic rings. The van der Waals surface area contributed by atoms with Gasteiger partial charge in [-0.25, -0.2) is 0 Å². The molecule has 3 saturated carbocycles. The SMILES string of the molecule is CC[C@H](Cl)C(=O)O[C@@H]1CC[C@@]2(C)C(=CC[C@H]3[C@@H]4CC[C@H]([C@@H](C)CCCC(C)C)[C@@]4(C)CC[C@@H]32)C1. The van der Waals surface area contributed by atoms with Crippen molar-refractivity contribution < 1.29 is 9.53 Å². The Hall–Kier alpha value is -0.500. The highest BCUT2D eigenvalue weighted by Gasteiger charge is 2.59. The summed E-state index contributed by atoms with van der Waals surface area (Å²) in [6.45, 7) is 14.5. The lowest BCUT2D eigenvalue weighted by atomic mass is 9.47. The number of esters is 1. The molecular weight excluding hydrogens is 440 g/mol. The number of ether oxygens (including phenoxy) is 1. The molecule has 0 amide bonds. The Morgan fingerprint density at radius 3 is 2.56 bits per heavy atom. The monoisotopic (exact) mass is 490 g/mol. The summed E-state index contributed by atoms with van der Waals surface area (Å²) in [5.74, 6) is 4.96. The second-order valence-electron chi connectivity index (χ2n) is 13.5. The van der Waals surface area contributed by atoms with Crippen LogP contribution in [0.1, 0.15) is 119 Å². The second-order valence-corrected chi connectivity index (χ2v) is 14.0. The summed E-state index contributed by atoms with van der Waals surface area (Å²) in [5, 5.41) is -0.503. The van der Waals surface area contributed by atoms with Crippen LogP contribution in [0.15, 0.2) is 11.6 Å². The van der Waals surface area contributed by atoms with Crippen molar-refractivity contribution in [2.24, 2.45) is 46.3 Å². The van der Waals surface area contributed by atoms with Gasteiger partial charge in [-0.05, 0) is 97.7 Å². The maximum Gasteiger partial charge on any atom is 0.324 e. The van der Waals surface area contributed by atoms with Gasteiger partial charge in [0.25, 0.3) is 0 Å². The molecular formula is C31H51ClO2. The average molecular weight is 491 g/mol. The van der Waals surface area contributed by atoms with E-state index in [1.54, 1.807) is 5.57 Å². The first-order valence-corrected chi connectivity index (χ1v) is 15.1. The lowest BCUT2D eigenvalue weighted by molar-refractivity contribution is -0.151. The van der Waals surface area contributed by atoms with Crippen LogP contribution in [0, 0.1) is 46.3 Å². The van der Waals surface area contributed by atoms with E-state index in [4.69, 9.17) is 16.3 Å². The molecule has 0 radical (unpaired) electrons. The van der Waals surface area contributed by atoms with E-state index < -0.39 is 5.38 Å². The molecule has 34 heavy (non-hydrogen) atoms. The maximum atomic E-state index is 12.3. The number of rotatable bonds is 8. The Bertz CT molecular complexity index is 759. The van der Waals surface area contributed by atoms with E-state index in [-0.39, 0.29) is 12.1 Å². The first-order valence-electron chi connectivity index (χ1n) is 14.6. The highest BCUT2D eigenvalue weighted by atomic mass is 35.5. The zero-order valence-electron chi connectivity index (χ0n) is 22.9. The number of alkyl halides is 1. The predicted octanol–water partition coefficient (Wildman–Crippen LogP) is 8.96. The molecule has 2 nitrogen and oxygen atoms in total. The van der Waals surface area contributed by atoms with Crippen LogP contribution < -0.4 is 0 Å². The normalized spacial score (nSPS) is 41.2. The number of carbonyl (C=O) groups is 1. The summed E-state index contributed by atoms with van der Waals surface area (Å²) in [6, 6.07) is 0. The van der Waals surface area contributed by atoms with Crippen LogP contribution in [0.5, 0.6) is 0 Å². The predicted molar refractivity (Wildman–Crippen MR) is 143 cm³/mol. The molecule has 0 spiro atoms. The Kier molecular flexibility index (Phi) is 8.18. The van der Waals surface area contributed by atoms with Crippen molar-refractivity contribution in [3.63, 3.8) is 0 Å². The number of halogens is 1. The molecule has 3 heteroatoms. The Labute approximate surface area is 215 Å². The molecule has 0 aliphatic heterocycles. The van der Waals surface area contributed by atoms with E-state index in [2.05, 4.69) is 40.7 Å². The minimum Gasteiger partial charge on any atom is -0.461 e. The first kappa shape index (κ1) is 26.6. The minimum atomic E-state index is -0.503. The van der Waals surface area contributed by atoms with Crippen LogP contribution in [0.3, 0.4) is 0 Å². The van der Waals surface area contributed by atoms with E-state index >= 15 is 0 Å². The molecule has 0 bridgehead atoms. The zero-order valence-corrected chi connectivity index (χ0v) is 23.6. The van der Waals surface area contributed by atoms with Gasteiger partial charge in [-0.2, -0.15) is 0 Å². The summed E-state index contributed by atoms with van der Waals surface area (Å²) >= 11 is 6.14. The van der Waals surface area contributed by atoms with Gasteiger partial charge in [0.1, 0.15) is 11.5 Å². The smallest absolute Gasteiger partial charge is 0.324 e. The third-order valence-electron chi connectivity index (χ3n) is 11.2. The zero-order chi connectivity index (χ0) is 24.7. The lowest BCUT2D eigenvalue weighted by Gasteiger charge is -2.58. The second kappa shape index (κ2) is 10.5. The fourth-order valence-electron chi connectivity index (χ4n) is 9.16. The van der Waals surface area contributed by atoms with E-state index in [1.165, 1.54) is 51.4 Å². The fraction of sp³-hybridized carbons (Fsp3) is 0.903. The third-order valence-corrected chi connectivity index (χ3v) is 11.6. The topological polar surface area (TPSA) is 26.3 Å². The van der Waals surface area contributed by atoms with E-state index in [0.29, 0.717) is 17.3 Å². The Morgan fingerprint density at radius 2 is 1.85 bits per heavy atom. The molecule has 3 fully saturated rings. The van der Waals surface area contributed by atoms with Crippen LogP contribution in [0.25, 0.3) is 0 Å². The van der Waals surface area contributed by atoms with Gasteiger partial charge in [-0.3, -0.25) is 4.79 Å². The highest BCUT2D eigenvalue weighted by molar-refractivity contribution is 6.29. The lowest BCUT2D eigenvalue weighted by Crippen LogP contribution is -2.51. The van der Waals surface area contributed by atoms with Crippen molar-refractivity contribution in [1.82, 2.24) is 0 Å². The van der Waals surface area contributed by atoms with Crippen LogP contribution >= 0.6 is 11.6 Å². The first-order chi connectivity index (χ1) is 16.1. The van der Waals surface area contributed by atoms with Crippen molar-refractivity contribution in [3.05, 3.63) is 11.6 Å². The quantitative estimate of drug-likeness (QED) is 0.193. The van der Waals surface area contributed by atoms with E-state index in [0.717, 1.165) is 54.8 Å². The molecule has 0 heterocycles. The summed E-state index contributed by atoms with van der Waals surface area (Å²) in [5.41, 5.74) is 2.43. The van der Waals surface area contributed by atoms with Gasteiger partial charge in [0, 0.05) is 6.42 Å². The fourth-order valence-corrected chi connectivity index (χ4v) is 9.21. The van der Waals surface area contributed by atoms with Crippen molar-refractivity contribution in [2.75, 3.05) is 0 Å². The van der Waals surface area contributed by atoms with Gasteiger partial charge in [0.2, 0.25) is 0 Å². The molecule has 194 valence electrons. The summed E-state index contributed by atoms with van der Waals surface area (Å²) in [6.07, 6.45) is 17.5. The highest BCUT2D eigenvalue weighted by Crippen LogP contribution is 2.67. The minimum absolute atomic E-state index is 0.0209. The Morgan fingerprint density at radius 1 is 1.09 bits per heavy atom. The number of allylic oxidation sites excluding steroid dienone is 1. The molecule has 0 aromatic heterocycles. The van der Waals surface area contributed by atoms with Gasteiger partial charge in [0.15, 0.2) is 0 Å². The molecule has 0 N–H and O–H groups in total. The van der Waals surface area contributed by atoms with Crippen molar-refractivity contribution in [3.8, 4) is 0 Å². The van der Waals surface area contributed by atoms with Gasteiger partial charge in [0.05, 0.1) is 0 Å². The summed E-state index contributed by atoms with van der Waals surface area (Å²) in [4.78, 5) is 12.3. The molecule has 0 saturated heterocycles. The van der Waals surface area contributed by atoms with Gasteiger partial charge in [-0.15, -0.1) is 11.6 Å². The number of hydrogen-bond donors (Lipinski definition) is 0.